The molecule has 0 aromatic carbocycles. The number of rotatable bonds is 7. The number of hydrogen-bond acceptors (Lipinski definition) is 6. The van der Waals surface area contributed by atoms with Crippen LogP contribution in [0.5, 0.6) is 0 Å². The molecule has 0 radical (unpaired) electrons. The van der Waals surface area contributed by atoms with Crippen LogP contribution in [0.1, 0.15) is 61.7 Å². The molecule has 1 saturated heterocycles. The molecule has 1 atom stereocenters. The SMILES string of the molecule is CC(C)c1noc([C@@H]2CCCN2CCC(=O)NCc2cccs2)n1. The van der Waals surface area contributed by atoms with Crippen molar-refractivity contribution in [2.45, 2.75) is 51.6 Å². The van der Waals surface area contributed by atoms with Gasteiger partial charge in [0, 0.05) is 23.8 Å². The Balaban J connectivity index is 1.49. The van der Waals surface area contributed by atoms with E-state index in [1.165, 1.54) is 4.88 Å². The number of thiophene rings is 1. The number of likely N-dealkylation sites (tertiary alicyclic amines) is 1. The summed E-state index contributed by atoms with van der Waals surface area (Å²) < 4.78 is 5.44. The van der Waals surface area contributed by atoms with E-state index in [1.54, 1.807) is 11.3 Å². The van der Waals surface area contributed by atoms with Gasteiger partial charge >= 0.3 is 0 Å². The van der Waals surface area contributed by atoms with Gasteiger partial charge in [-0.3, -0.25) is 9.69 Å². The second-order valence-electron chi connectivity index (χ2n) is 6.45. The summed E-state index contributed by atoms with van der Waals surface area (Å²) in [7, 11) is 0. The van der Waals surface area contributed by atoms with E-state index in [4.69, 9.17) is 4.52 Å². The molecule has 1 fully saturated rings. The molecule has 0 aliphatic carbocycles. The number of nitrogens with one attached hydrogen (secondary N) is 1. The minimum Gasteiger partial charge on any atom is -0.351 e. The predicted octanol–water partition coefficient (Wildman–Crippen LogP) is 3.10. The number of aromatic nitrogens is 2. The molecule has 0 spiro atoms. The first-order valence-electron chi connectivity index (χ1n) is 8.50. The molecular formula is C17H24N4O2S. The Hall–Kier alpha value is -1.73. The third kappa shape index (κ3) is 4.21. The van der Waals surface area contributed by atoms with Crippen LogP contribution in [0.25, 0.3) is 0 Å². The summed E-state index contributed by atoms with van der Waals surface area (Å²) in [5, 5.41) is 9.05. The van der Waals surface area contributed by atoms with Crippen molar-refractivity contribution in [2.75, 3.05) is 13.1 Å². The zero-order valence-electron chi connectivity index (χ0n) is 14.2. The first-order chi connectivity index (χ1) is 11.6. The van der Waals surface area contributed by atoms with E-state index in [0.29, 0.717) is 18.9 Å². The molecule has 1 amide bonds. The van der Waals surface area contributed by atoms with Crippen LogP contribution in [-0.4, -0.2) is 34.0 Å². The maximum Gasteiger partial charge on any atom is 0.244 e. The molecule has 6 nitrogen and oxygen atoms in total. The van der Waals surface area contributed by atoms with Gasteiger partial charge in [0.15, 0.2) is 5.82 Å². The Morgan fingerprint density at radius 2 is 2.42 bits per heavy atom. The minimum atomic E-state index is 0.0856. The minimum absolute atomic E-state index is 0.0856. The molecule has 3 rings (SSSR count). The number of carbonyl (C=O) groups is 1. The number of carbonyl (C=O) groups excluding carboxylic acids is 1. The highest BCUT2D eigenvalue weighted by Crippen LogP contribution is 2.31. The summed E-state index contributed by atoms with van der Waals surface area (Å²) >= 11 is 1.66. The van der Waals surface area contributed by atoms with Gasteiger partial charge in [0.25, 0.3) is 0 Å². The molecule has 1 aliphatic rings. The maximum absolute atomic E-state index is 12.0. The fraction of sp³-hybridized carbons (Fsp3) is 0.588. The van der Waals surface area contributed by atoms with Crippen LogP contribution in [-0.2, 0) is 11.3 Å². The van der Waals surface area contributed by atoms with Crippen molar-refractivity contribution in [3.63, 3.8) is 0 Å². The zero-order valence-corrected chi connectivity index (χ0v) is 15.0. The third-order valence-electron chi connectivity index (χ3n) is 4.29. The van der Waals surface area contributed by atoms with Gasteiger partial charge in [-0.2, -0.15) is 4.98 Å². The molecule has 0 unspecified atom stereocenters. The van der Waals surface area contributed by atoms with Gasteiger partial charge in [0.2, 0.25) is 11.8 Å². The molecule has 2 aromatic rings. The van der Waals surface area contributed by atoms with Gasteiger partial charge in [-0.25, -0.2) is 0 Å². The largest absolute Gasteiger partial charge is 0.351 e. The lowest BCUT2D eigenvalue weighted by Gasteiger charge is -2.21. The molecule has 130 valence electrons. The van der Waals surface area contributed by atoms with Crippen molar-refractivity contribution in [1.82, 2.24) is 20.4 Å². The summed E-state index contributed by atoms with van der Waals surface area (Å²) in [4.78, 5) is 20.0. The van der Waals surface area contributed by atoms with Crippen molar-refractivity contribution < 1.29 is 9.32 Å². The molecule has 0 saturated carbocycles. The summed E-state index contributed by atoms with van der Waals surface area (Å²) in [5.41, 5.74) is 0. The van der Waals surface area contributed by atoms with E-state index in [-0.39, 0.29) is 17.9 Å². The quantitative estimate of drug-likeness (QED) is 0.832. The van der Waals surface area contributed by atoms with Gasteiger partial charge in [-0.1, -0.05) is 25.1 Å². The van der Waals surface area contributed by atoms with Gasteiger partial charge in [0.1, 0.15) is 0 Å². The number of hydrogen-bond donors (Lipinski definition) is 1. The monoisotopic (exact) mass is 348 g/mol. The van der Waals surface area contributed by atoms with Crippen molar-refractivity contribution in [3.05, 3.63) is 34.1 Å². The standard InChI is InChI=1S/C17H24N4O2S/c1-12(2)16-19-17(23-20-16)14-6-3-8-21(14)9-7-15(22)18-11-13-5-4-10-24-13/h4-5,10,12,14H,3,6-9,11H2,1-2H3,(H,18,22)/t14-/m0/s1. The fourth-order valence-electron chi connectivity index (χ4n) is 2.92. The van der Waals surface area contributed by atoms with Gasteiger partial charge < -0.3 is 9.84 Å². The molecular weight excluding hydrogens is 324 g/mol. The van der Waals surface area contributed by atoms with E-state index in [2.05, 4.69) is 34.2 Å². The van der Waals surface area contributed by atoms with E-state index < -0.39 is 0 Å². The molecule has 24 heavy (non-hydrogen) atoms. The van der Waals surface area contributed by atoms with Crippen LogP contribution in [0.15, 0.2) is 22.0 Å². The summed E-state index contributed by atoms with van der Waals surface area (Å²) in [5.74, 6) is 1.79. The summed E-state index contributed by atoms with van der Waals surface area (Å²) in [6.45, 7) is 6.42. The first-order valence-corrected chi connectivity index (χ1v) is 9.38. The zero-order chi connectivity index (χ0) is 16.9. The van der Waals surface area contributed by atoms with Crippen LogP contribution in [0, 0.1) is 0 Å². The lowest BCUT2D eigenvalue weighted by Crippen LogP contribution is -2.30. The fourth-order valence-corrected chi connectivity index (χ4v) is 3.57. The highest BCUT2D eigenvalue weighted by Gasteiger charge is 2.31. The highest BCUT2D eigenvalue weighted by atomic mass is 32.1. The maximum atomic E-state index is 12.0. The lowest BCUT2D eigenvalue weighted by molar-refractivity contribution is -0.121. The van der Waals surface area contributed by atoms with Gasteiger partial charge in [-0.05, 0) is 30.8 Å². The van der Waals surface area contributed by atoms with Crippen molar-refractivity contribution >= 4 is 17.2 Å². The van der Waals surface area contributed by atoms with E-state index in [9.17, 15) is 4.79 Å². The van der Waals surface area contributed by atoms with Crippen LogP contribution in [0.3, 0.4) is 0 Å². The lowest BCUT2D eigenvalue weighted by atomic mass is 10.2. The molecule has 0 bridgehead atoms. The third-order valence-corrected chi connectivity index (χ3v) is 5.16. The second-order valence-corrected chi connectivity index (χ2v) is 7.48. The van der Waals surface area contributed by atoms with Crippen LogP contribution in [0.4, 0.5) is 0 Å². The van der Waals surface area contributed by atoms with E-state index >= 15 is 0 Å². The van der Waals surface area contributed by atoms with Crippen LogP contribution < -0.4 is 5.32 Å². The summed E-state index contributed by atoms with van der Waals surface area (Å²) in [6, 6.07) is 4.18. The normalized spacial score (nSPS) is 18.4. The smallest absolute Gasteiger partial charge is 0.244 e. The molecule has 1 N–H and O–H groups in total. The Morgan fingerprint density at radius 3 is 3.12 bits per heavy atom. The highest BCUT2D eigenvalue weighted by molar-refractivity contribution is 7.09. The number of nitrogens with zero attached hydrogens (tertiary/aromatic N) is 3. The Morgan fingerprint density at radius 1 is 1.54 bits per heavy atom. The van der Waals surface area contributed by atoms with E-state index in [0.717, 1.165) is 31.8 Å². The average Bonchev–Trinajstić information content (AvgIpc) is 3.31. The topological polar surface area (TPSA) is 71.3 Å². The summed E-state index contributed by atoms with van der Waals surface area (Å²) in [6.07, 6.45) is 2.60. The Kier molecular flexibility index (Phi) is 5.63. The molecule has 1 aliphatic heterocycles. The molecule has 7 heteroatoms. The first kappa shape index (κ1) is 17.1. The Bertz CT molecular complexity index is 653. The Labute approximate surface area is 146 Å². The second kappa shape index (κ2) is 7.90. The predicted molar refractivity (Wildman–Crippen MR) is 92.7 cm³/mol. The van der Waals surface area contributed by atoms with Gasteiger partial charge in [-0.15, -0.1) is 11.3 Å². The average molecular weight is 348 g/mol. The molecule has 3 heterocycles. The molecule has 2 aromatic heterocycles. The van der Waals surface area contributed by atoms with Crippen molar-refractivity contribution in [3.8, 4) is 0 Å². The van der Waals surface area contributed by atoms with Crippen LogP contribution in [0.2, 0.25) is 0 Å². The van der Waals surface area contributed by atoms with Crippen molar-refractivity contribution in [2.24, 2.45) is 0 Å². The van der Waals surface area contributed by atoms with E-state index in [1.807, 2.05) is 17.5 Å². The van der Waals surface area contributed by atoms with Crippen molar-refractivity contribution in [1.29, 1.82) is 0 Å². The van der Waals surface area contributed by atoms with Crippen LogP contribution >= 0.6 is 11.3 Å². The van der Waals surface area contributed by atoms with Gasteiger partial charge in [0.05, 0.1) is 12.6 Å². The number of amides is 1.